The summed E-state index contributed by atoms with van der Waals surface area (Å²) in [6.07, 6.45) is 7.02. The first-order valence-corrected chi connectivity index (χ1v) is 23.8. The van der Waals surface area contributed by atoms with E-state index in [1.54, 1.807) is 8.93 Å². The second-order valence-corrected chi connectivity index (χ2v) is 18.0. The first kappa shape index (κ1) is 38.7. The lowest BCUT2D eigenvalue weighted by Gasteiger charge is -2.30. The van der Waals surface area contributed by atoms with Crippen molar-refractivity contribution in [1.29, 1.82) is 0 Å². The number of rotatable bonds is 13. The highest BCUT2D eigenvalue weighted by atomic mass is 127. The fraction of sp³-hybridized carbons (Fsp3) is 0.216. The van der Waals surface area contributed by atoms with Crippen LogP contribution in [0.2, 0.25) is 0 Å². The summed E-state index contributed by atoms with van der Waals surface area (Å²) < 4.78 is 0. The molecule has 0 atom stereocenters. The third-order valence-corrected chi connectivity index (χ3v) is 13.7. The van der Waals surface area contributed by atoms with Gasteiger partial charge in [0.1, 0.15) is 0 Å². The molecule has 0 aliphatic heterocycles. The lowest BCUT2D eigenvalue weighted by molar-refractivity contribution is 0.661. The van der Waals surface area contributed by atoms with Crippen LogP contribution < -0.4 is 9.80 Å². The molecule has 0 saturated heterocycles. The molecule has 0 spiro atoms. The van der Waals surface area contributed by atoms with Gasteiger partial charge in [0.2, 0.25) is 0 Å². The van der Waals surface area contributed by atoms with E-state index < -0.39 is 0 Å². The molecule has 7 aromatic rings. The van der Waals surface area contributed by atoms with Crippen LogP contribution in [-0.2, 0) is 18.3 Å². The van der Waals surface area contributed by atoms with E-state index in [4.69, 9.17) is 0 Å². The molecular formula is C51H49IN2S2. The Bertz CT molecular complexity index is 2450. The van der Waals surface area contributed by atoms with Crippen molar-refractivity contribution in [2.24, 2.45) is 0 Å². The lowest BCUT2D eigenvalue weighted by Crippen LogP contribution is -2.18. The quantitative estimate of drug-likeness (QED) is 0.0911. The molecule has 2 nitrogen and oxygen atoms in total. The second-order valence-electron chi connectivity index (χ2n) is 15.5. The Hall–Kier alpha value is -4.17. The topological polar surface area (TPSA) is 6.48 Å². The number of halogens is 1. The summed E-state index contributed by atoms with van der Waals surface area (Å²) in [5, 5.41) is 2.52. The molecular weight excluding hydrogens is 832 g/mol. The molecule has 1 aliphatic rings. The maximum Gasteiger partial charge on any atom is 0.0543 e. The third-order valence-electron chi connectivity index (χ3n) is 11.5. The average Bonchev–Trinajstić information content (AvgIpc) is 3.46. The van der Waals surface area contributed by atoms with Crippen LogP contribution in [0.3, 0.4) is 0 Å². The predicted octanol–water partition coefficient (Wildman–Crippen LogP) is 16.5. The number of fused-ring (bicyclic) bond motifs is 5. The highest BCUT2D eigenvalue weighted by Crippen LogP contribution is 2.55. The molecule has 0 saturated carbocycles. The van der Waals surface area contributed by atoms with Crippen LogP contribution in [0, 0.1) is 0 Å². The van der Waals surface area contributed by atoms with Crippen molar-refractivity contribution in [2.45, 2.75) is 81.4 Å². The first-order valence-electron chi connectivity index (χ1n) is 20.0. The van der Waals surface area contributed by atoms with E-state index in [0.717, 1.165) is 34.8 Å². The zero-order valence-corrected chi connectivity index (χ0v) is 36.6. The minimum absolute atomic E-state index is 0.249. The molecule has 0 heterocycles. The molecule has 0 fully saturated rings. The summed E-state index contributed by atoms with van der Waals surface area (Å²) in [6, 6.07) is 54.6. The molecule has 0 radical (unpaired) electrons. The van der Waals surface area contributed by atoms with Crippen molar-refractivity contribution < 1.29 is 0 Å². The summed E-state index contributed by atoms with van der Waals surface area (Å²) in [4.78, 5) is 7.06. The van der Waals surface area contributed by atoms with Gasteiger partial charge in [0.15, 0.2) is 0 Å². The minimum atomic E-state index is -0.249. The van der Waals surface area contributed by atoms with Gasteiger partial charge in [-0.05, 0) is 155 Å². The summed E-state index contributed by atoms with van der Waals surface area (Å²) in [5.74, 6) is 0. The Morgan fingerprint density at radius 3 is 1.61 bits per heavy atom. The van der Waals surface area contributed by atoms with Crippen LogP contribution in [-0.4, -0.2) is 0 Å². The molecule has 282 valence electrons. The Morgan fingerprint density at radius 1 is 0.554 bits per heavy atom. The standard InChI is InChI=1S/C51H49IN2S2/c1-5-7-11-35-15-19-37(20-16-35)53(38-25-30-43(56-52)31-26-38)41-27-32-46-47(33-41)51(3,4)48-34-49(44-13-9-10-14-45(44)50(46)48)54(40-23-28-42(55)29-24-40)39-21-17-36(18-22-39)12-8-6-2/h9-10,13-34,55H,5-8,11-12H2,1-4H3. The summed E-state index contributed by atoms with van der Waals surface area (Å²) >= 11 is 7.02. The van der Waals surface area contributed by atoms with E-state index in [2.05, 4.69) is 217 Å². The molecule has 1 aliphatic carbocycles. The second kappa shape index (κ2) is 16.7. The lowest BCUT2D eigenvalue weighted by atomic mass is 9.81. The van der Waals surface area contributed by atoms with Crippen LogP contribution in [0.5, 0.6) is 0 Å². The number of aryl methyl sites for hydroxylation is 2. The van der Waals surface area contributed by atoms with E-state index >= 15 is 0 Å². The highest BCUT2D eigenvalue weighted by molar-refractivity contribution is 14.2. The minimum Gasteiger partial charge on any atom is -0.310 e. The number of nitrogens with zero attached hydrogens (tertiary/aromatic N) is 2. The molecule has 0 N–H and O–H groups in total. The van der Waals surface area contributed by atoms with Gasteiger partial charge in [0.05, 0.1) is 5.69 Å². The monoisotopic (exact) mass is 880 g/mol. The van der Waals surface area contributed by atoms with Gasteiger partial charge >= 0.3 is 0 Å². The van der Waals surface area contributed by atoms with Crippen molar-refractivity contribution >= 4 is 87.7 Å². The molecule has 8 rings (SSSR count). The van der Waals surface area contributed by atoms with Gasteiger partial charge in [0.25, 0.3) is 0 Å². The smallest absolute Gasteiger partial charge is 0.0543 e. The third kappa shape index (κ3) is 7.50. The summed E-state index contributed by atoms with van der Waals surface area (Å²) in [6.45, 7) is 9.33. The fourth-order valence-electron chi connectivity index (χ4n) is 8.38. The van der Waals surface area contributed by atoms with E-state index in [-0.39, 0.29) is 5.41 Å². The van der Waals surface area contributed by atoms with Gasteiger partial charge in [0, 0.05) is 70.2 Å². The fourth-order valence-corrected chi connectivity index (χ4v) is 9.65. The molecule has 0 amide bonds. The van der Waals surface area contributed by atoms with Crippen molar-refractivity contribution in [3.05, 3.63) is 168 Å². The Labute approximate surface area is 355 Å². The van der Waals surface area contributed by atoms with E-state index in [0.29, 0.717) is 0 Å². The predicted molar refractivity (Wildman–Crippen MR) is 255 cm³/mol. The van der Waals surface area contributed by atoms with Gasteiger partial charge in [-0.15, -0.1) is 12.6 Å². The Balaban J connectivity index is 1.27. The van der Waals surface area contributed by atoms with Crippen LogP contribution >= 0.6 is 42.8 Å². The Morgan fingerprint density at radius 2 is 1.05 bits per heavy atom. The number of thiol groups is 1. The maximum atomic E-state index is 4.66. The number of unbranched alkanes of at least 4 members (excludes halogenated alkanes) is 2. The van der Waals surface area contributed by atoms with Gasteiger partial charge in [-0.3, -0.25) is 0 Å². The molecule has 0 bridgehead atoms. The summed E-state index contributed by atoms with van der Waals surface area (Å²) in [7, 11) is 1.75. The largest absolute Gasteiger partial charge is 0.310 e. The van der Waals surface area contributed by atoms with Gasteiger partial charge in [-0.2, -0.15) is 0 Å². The van der Waals surface area contributed by atoms with Crippen LogP contribution in [0.1, 0.15) is 75.6 Å². The molecule has 56 heavy (non-hydrogen) atoms. The van der Waals surface area contributed by atoms with Crippen molar-refractivity contribution in [3.8, 4) is 11.1 Å². The van der Waals surface area contributed by atoms with E-state index in [9.17, 15) is 0 Å². The average molecular weight is 881 g/mol. The molecule has 0 unspecified atom stereocenters. The van der Waals surface area contributed by atoms with E-state index in [1.807, 2.05) is 0 Å². The first-order chi connectivity index (χ1) is 27.3. The number of benzene rings is 7. The van der Waals surface area contributed by atoms with Crippen LogP contribution in [0.15, 0.2) is 155 Å². The molecule has 5 heteroatoms. The number of hydrogen-bond acceptors (Lipinski definition) is 4. The van der Waals surface area contributed by atoms with Gasteiger partial charge < -0.3 is 9.80 Å². The van der Waals surface area contributed by atoms with Crippen LogP contribution in [0.25, 0.3) is 21.9 Å². The summed E-state index contributed by atoms with van der Waals surface area (Å²) in [5.41, 5.74) is 14.8. The SMILES string of the molecule is CCCCc1ccc(N(c2ccc(SI)cc2)c2ccc3c(c2)C(C)(C)c2cc(N(c4ccc(S)cc4)c4ccc(CCCC)cc4)c4ccccc4c2-3)cc1. The van der Waals surface area contributed by atoms with Crippen molar-refractivity contribution in [3.63, 3.8) is 0 Å². The molecule has 0 aromatic heterocycles. The van der Waals surface area contributed by atoms with Gasteiger partial charge in [-0.25, -0.2) is 0 Å². The van der Waals surface area contributed by atoms with Gasteiger partial charge in [-0.1, -0.05) is 104 Å². The normalized spacial score (nSPS) is 12.8. The molecule has 7 aromatic carbocycles. The van der Waals surface area contributed by atoms with Crippen molar-refractivity contribution in [1.82, 2.24) is 0 Å². The van der Waals surface area contributed by atoms with Crippen LogP contribution in [0.4, 0.5) is 34.1 Å². The zero-order valence-electron chi connectivity index (χ0n) is 32.7. The maximum absolute atomic E-state index is 4.66. The number of hydrogen-bond donors (Lipinski definition) is 1. The highest BCUT2D eigenvalue weighted by Gasteiger charge is 2.38. The van der Waals surface area contributed by atoms with E-state index in [1.165, 1.54) is 91.8 Å². The Kier molecular flexibility index (Phi) is 11.6. The van der Waals surface area contributed by atoms with Crippen molar-refractivity contribution in [2.75, 3.05) is 9.80 Å². The number of anilines is 6. The zero-order chi connectivity index (χ0) is 38.8.